The molecule has 0 spiro atoms. The summed E-state index contributed by atoms with van der Waals surface area (Å²) in [5.41, 5.74) is 9.20. The maximum absolute atomic E-state index is 11.0. The van der Waals surface area contributed by atoms with Gasteiger partial charge < -0.3 is 10.8 Å². The summed E-state index contributed by atoms with van der Waals surface area (Å²) in [6.07, 6.45) is 7.56. The molecule has 2 rings (SSSR count). The molecule has 2 unspecified atom stereocenters. The summed E-state index contributed by atoms with van der Waals surface area (Å²) in [5.74, 6) is 0.758. The van der Waals surface area contributed by atoms with E-state index in [4.69, 9.17) is 10.7 Å². The van der Waals surface area contributed by atoms with Crippen molar-refractivity contribution < 1.29 is 5.11 Å². The summed E-state index contributed by atoms with van der Waals surface area (Å²) in [6.45, 7) is 17.5. The summed E-state index contributed by atoms with van der Waals surface area (Å²) in [5, 5.41) is 11.0. The number of aliphatic imine (C=N–C) groups is 1. The van der Waals surface area contributed by atoms with Gasteiger partial charge in [0.15, 0.2) is 0 Å². The van der Waals surface area contributed by atoms with Crippen molar-refractivity contribution in [3.8, 4) is 5.75 Å². The van der Waals surface area contributed by atoms with Gasteiger partial charge in [0.1, 0.15) is 5.75 Å². The van der Waals surface area contributed by atoms with Crippen molar-refractivity contribution in [2.75, 3.05) is 0 Å². The largest absolute Gasteiger partial charge is 0.507 e. The Labute approximate surface area is 172 Å². The topological polar surface area (TPSA) is 58.6 Å². The molecule has 3 heteroatoms. The maximum Gasteiger partial charge on any atom is 0.128 e. The highest BCUT2D eigenvalue weighted by Gasteiger charge is 2.37. The average Bonchev–Trinajstić information content (AvgIpc) is 2.59. The molecule has 0 bridgehead atoms. The van der Waals surface area contributed by atoms with E-state index >= 15 is 0 Å². The van der Waals surface area contributed by atoms with Crippen molar-refractivity contribution in [2.24, 2.45) is 16.6 Å². The first-order chi connectivity index (χ1) is 12.8. The van der Waals surface area contributed by atoms with Crippen LogP contribution in [0.5, 0.6) is 5.75 Å². The second kappa shape index (κ2) is 8.18. The van der Waals surface area contributed by atoms with Crippen LogP contribution in [-0.4, -0.2) is 22.9 Å². The Morgan fingerprint density at radius 2 is 1.64 bits per heavy atom. The smallest absolute Gasteiger partial charge is 0.128 e. The van der Waals surface area contributed by atoms with Gasteiger partial charge in [-0.2, -0.15) is 0 Å². The van der Waals surface area contributed by atoms with Crippen LogP contribution in [-0.2, 0) is 10.8 Å². The van der Waals surface area contributed by atoms with Crippen LogP contribution < -0.4 is 5.73 Å². The first-order valence-electron chi connectivity index (χ1n) is 11.0. The summed E-state index contributed by atoms with van der Waals surface area (Å²) in [4.78, 5) is 5.06. The third kappa shape index (κ3) is 4.97. The summed E-state index contributed by atoms with van der Waals surface area (Å²) >= 11 is 0. The Hall–Kier alpha value is -1.35. The Morgan fingerprint density at radius 1 is 1.04 bits per heavy atom. The normalized spacial score (nSPS) is 23.8. The molecule has 0 aliphatic heterocycles. The Kier molecular flexibility index (Phi) is 6.70. The predicted octanol–water partition coefficient (Wildman–Crippen LogP) is 6.09. The Balaban J connectivity index is 2.51. The molecule has 0 heterocycles. The minimum Gasteiger partial charge on any atom is -0.507 e. The lowest BCUT2D eigenvalue weighted by Gasteiger charge is -2.40. The van der Waals surface area contributed by atoms with E-state index in [1.54, 1.807) is 0 Å². The lowest BCUT2D eigenvalue weighted by molar-refractivity contribution is 0.190. The molecule has 0 saturated heterocycles. The van der Waals surface area contributed by atoms with Gasteiger partial charge in [0.25, 0.3) is 0 Å². The SMILES string of the molecule is CC[C@](C)(/N=C/c1cc(C(C)(C)C)cc(C(C)(C)C)c1O)C1CCCCC1N. The van der Waals surface area contributed by atoms with Crippen LogP contribution >= 0.6 is 0 Å². The van der Waals surface area contributed by atoms with Crippen molar-refractivity contribution >= 4 is 6.21 Å². The van der Waals surface area contributed by atoms with Crippen LogP contribution in [0.25, 0.3) is 0 Å². The van der Waals surface area contributed by atoms with Gasteiger partial charge in [-0.1, -0.05) is 67.4 Å². The van der Waals surface area contributed by atoms with E-state index in [0.29, 0.717) is 11.7 Å². The first kappa shape index (κ1) is 22.9. The van der Waals surface area contributed by atoms with Crippen molar-refractivity contribution in [2.45, 2.75) is 110 Å². The Bertz CT molecular complexity index is 708. The van der Waals surface area contributed by atoms with E-state index in [2.05, 4.69) is 67.5 Å². The van der Waals surface area contributed by atoms with Crippen LogP contribution in [0, 0.1) is 5.92 Å². The zero-order chi connectivity index (χ0) is 21.3. The number of hydrogen-bond donors (Lipinski definition) is 2. The highest BCUT2D eigenvalue weighted by Crippen LogP contribution is 2.39. The molecule has 28 heavy (non-hydrogen) atoms. The molecule has 1 aliphatic carbocycles. The van der Waals surface area contributed by atoms with Crippen LogP contribution in [0.4, 0.5) is 0 Å². The van der Waals surface area contributed by atoms with E-state index in [9.17, 15) is 5.11 Å². The van der Waals surface area contributed by atoms with Crippen molar-refractivity contribution in [3.05, 3.63) is 28.8 Å². The lowest BCUT2D eigenvalue weighted by atomic mass is 9.72. The lowest BCUT2D eigenvalue weighted by Crippen LogP contribution is -2.46. The fourth-order valence-electron chi connectivity index (χ4n) is 4.36. The monoisotopic (exact) mass is 386 g/mol. The second-order valence-electron chi connectivity index (χ2n) is 11.0. The van der Waals surface area contributed by atoms with E-state index in [-0.39, 0.29) is 22.4 Å². The predicted molar refractivity (Wildman–Crippen MR) is 122 cm³/mol. The Morgan fingerprint density at radius 3 is 2.14 bits per heavy atom. The van der Waals surface area contributed by atoms with Crippen LogP contribution in [0.15, 0.2) is 17.1 Å². The average molecular weight is 387 g/mol. The molecule has 3 atom stereocenters. The van der Waals surface area contributed by atoms with Crippen LogP contribution in [0.2, 0.25) is 0 Å². The van der Waals surface area contributed by atoms with Crippen LogP contribution in [0.3, 0.4) is 0 Å². The molecule has 158 valence electrons. The number of hydrogen-bond acceptors (Lipinski definition) is 3. The molecular formula is C25H42N2O. The van der Waals surface area contributed by atoms with Gasteiger partial charge in [0.2, 0.25) is 0 Å². The number of nitrogens with zero attached hydrogens (tertiary/aromatic N) is 1. The van der Waals surface area contributed by atoms with Gasteiger partial charge in [-0.25, -0.2) is 0 Å². The van der Waals surface area contributed by atoms with Gasteiger partial charge in [-0.05, 0) is 54.6 Å². The highest BCUT2D eigenvalue weighted by atomic mass is 16.3. The minimum absolute atomic E-state index is 0.00999. The number of aromatic hydroxyl groups is 1. The van der Waals surface area contributed by atoms with Crippen LogP contribution in [0.1, 0.15) is 104 Å². The quantitative estimate of drug-likeness (QED) is 0.615. The molecule has 0 radical (unpaired) electrons. The van der Waals surface area contributed by atoms with Gasteiger partial charge in [0.05, 0.1) is 5.54 Å². The van der Waals surface area contributed by atoms with E-state index in [1.807, 2.05) is 6.21 Å². The highest BCUT2D eigenvalue weighted by molar-refractivity contribution is 5.85. The fraction of sp³-hybridized carbons (Fsp3) is 0.720. The molecule has 1 saturated carbocycles. The second-order valence-corrected chi connectivity index (χ2v) is 11.0. The number of benzene rings is 1. The summed E-state index contributed by atoms with van der Waals surface area (Å²) in [7, 11) is 0. The number of rotatable bonds is 4. The molecular weight excluding hydrogens is 344 g/mol. The third-order valence-corrected chi connectivity index (χ3v) is 6.65. The van der Waals surface area contributed by atoms with E-state index in [1.165, 1.54) is 18.4 Å². The molecule has 1 aliphatic rings. The fourth-order valence-corrected chi connectivity index (χ4v) is 4.36. The van der Waals surface area contributed by atoms with Crippen molar-refractivity contribution in [1.82, 2.24) is 0 Å². The van der Waals surface area contributed by atoms with Crippen molar-refractivity contribution in [3.63, 3.8) is 0 Å². The minimum atomic E-state index is -0.189. The molecule has 1 aromatic rings. The molecule has 1 aromatic carbocycles. The molecule has 3 nitrogen and oxygen atoms in total. The number of phenolic OH excluding ortho intramolecular Hbond substituents is 1. The third-order valence-electron chi connectivity index (χ3n) is 6.65. The summed E-state index contributed by atoms with van der Waals surface area (Å²) in [6, 6.07) is 4.48. The zero-order valence-corrected chi connectivity index (χ0v) is 19.4. The molecule has 3 N–H and O–H groups in total. The van der Waals surface area contributed by atoms with Gasteiger partial charge in [-0.3, -0.25) is 4.99 Å². The maximum atomic E-state index is 11.0. The van der Waals surface area contributed by atoms with Gasteiger partial charge in [0, 0.05) is 23.4 Å². The first-order valence-corrected chi connectivity index (χ1v) is 11.0. The van der Waals surface area contributed by atoms with Crippen molar-refractivity contribution in [1.29, 1.82) is 0 Å². The molecule has 0 aromatic heterocycles. The van der Waals surface area contributed by atoms with Gasteiger partial charge in [-0.15, -0.1) is 0 Å². The number of phenols is 1. The zero-order valence-electron chi connectivity index (χ0n) is 19.4. The van der Waals surface area contributed by atoms with Gasteiger partial charge >= 0.3 is 0 Å². The van der Waals surface area contributed by atoms with E-state index < -0.39 is 0 Å². The molecule has 0 amide bonds. The van der Waals surface area contributed by atoms with E-state index in [0.717, 1.165) is 30.4 Å². The standard InChI is InChI=1S/C25H42N2O/c1-9-25(8,19-12-10-11-13-21(19)26)27-16-17-14-18(23(2,3)4)15-20(22(17)28)24(5,6)7/h14-16,19,21,28H,9-13,26H2,1-8H3/b27-16+/t19?,21?,25-/m0/s1. The number of nitrogens with two attached hydrogens (primary N) is 1. The molecule has 1 fully saturated rings. The summed E-state index contributed by atoms with van der Waals surface area (Å²) < 4.78 is 0.